The number of hydrogen-bond donors (Lipinski definition) is 2. The number of nitrogens with two attached hydrogens (primary N) is 1. The molecule has 11 heteroatoms. The van der Waals surface area contributed by atoms with Crippen molar-refractivity contribution in [3.8, 4) is 5.75 Å². The molecule has 33 heavy (non-hydrogen) atoms. The summed E-state index contributed by atoms with van der Waals surface area (Å²) in [4.78, 5) is 2.96. The number of halogens is 1. The van der Waals surface area contributed by atoms with Gasteiger partial charge in [0.2, 0.25) is 11.9 Å². The Morgan fingerprint density at radius 3 is 2.55 bits per heavy atom. The third-order valence-corrected chi connectivity index (χ3v) is 5.95. The fourth-order valence-electron chi connectivity index (χ4n) is 4.32. The average Bonchev–Trinajstić information content (AvgIpc) is 3.19. The zero-order valence-electron chi connectivity index (χ0n) is 18.9. The Kier molecular flexibility index (Phi) is 5.95. The van der Waals surface area contributed by atoms with Crippen LogP contribution in [-0.2, 0) is 29.5 Å². The van der Waals surface area contributed by atoms with Crippen LogP contribution in [0.25, 0.3) is 0 Å². The van der Waals surface area contributed by atoms with Crippen LogP contribution in [0, 0.1) is 5.82 Å². The number of hydrogen-bond acceptors (Lipinski definition) is 9. The van der Waals surface area contributed by atoms with Crippen molar-refractivity contribution in [2.45, 2.75) is 37.5 Å². The lowest BCUT2D eigenvalue weighted by molar-refractivity contribution is -0.266. The van der Waals surface area contributed by atoms with E-state index in [4.69, 9.17) is 19.9 Å². The minimum absolute atomic E-state index is 0.0483. The lowest BCUT2D eigenvalue weighted by atomic mass is 9.80. The number of anilines is 2. The first-order valence-electron chi connectivity index (χ1n) is 10.3. The fraction of sp³-hybridized carbons (Fsp3) is 0.409. The van der Waals surface area contributed by atoms with Crippen LogP contribution in [0.1, 0.15) is 18.3 Å². The van der Waals surface area contributed by atoms with Gasteiger partial charge in [0.25, 0.3) is 0 Å². The van der Waals surface area contributed by atoms with Crippen LogP contribution in [0.15, 0.2) is 42.5 Å². The Hall–Kier alpha value is -3.28. The van der Waals surface area contributed by atoms with Crippen molar-refractivity contribution in [2.24, 2.45) is 7.05 Å². The van der Waals surface area contributed by atoms with Crippen LogP contribution in [-0.4, -0.2) is 57.1 Å². The number of methoxy groups -OCH3 is 2. The Balaban J connectivity index is 1.90. The van der Waals surface area contributed by atoms with E-state index in [1.54, 1.807) is 49.2 Å². The quantitative estimate of drug-likeness (QED) is 0.402. The zero-order valence-corrected chi connectivity index (χ0v) is 18.9. The molecule has 0 bridgehead atoms. The monoisotopic (exact) mass is 458 g/mol. The zero-order chi connectivity index (χ0) is 23.8. The van der Waals surface area contributed by atoms with Gasteiger partial charge in [0.1, 0.15) is 11.6 Å². The molecule has 0 saturated heterocycles. The van der Waals surface area contributed by atoms with Crippen LogP contribution in [0.5, 0.6) is 5.75 Å². The lowest BCUT2D eigenvalue weighted by Gasteiger charge is -2.55. The second kappa shape index (κ2) is 8.58. The molecular formula is C22H27FN6O4. The molecule has 3 aromatic rings. The number of aromatic nitrogens is 4. The van der Waals surface area contributed by atoms with Gasteiger partial charge in [0.15, 0.2) is 11.5 Å². The summed E-state index contributed by atoms with van der Waals surface area (Å²) >= 11 is 0. The predicted octanol–water partition coefficient (Wildman–Crippen LogP) is 1.64. The number of nitrogen functional groups attached to an aromatic ring is 1. The maximum Gasteiger partial charge on any atom is 0.204 e. The summed E-state index contributed by atoms with van der Waals surface area (Å²) in [6.07, 6.45) is -0.865. The second-order valence-corrected chi connectivity index (χ2v) is 8.13. The van der Waals surface area contributed by atoms with Gasteiger partial charge >= 0.3 is 0 Å². The number of aryl methyl sites for hydroxylation is 1. The van der Waals surface area contributed by atoms with Crippen LogP contribution >= 0.6 is 0 Å². The van der Waals surface area contributed by atoms with E-state index < -0.39 is 23.4 Å². The Morgan fingerprint density at radius 1 is 1.24 bits per heavy atom. The SMILES string of the molecule is COC(OC)[C@@]1(C)Oc2ccc(N)cc2C[C@]1(O)N(Cc1nnn(C)n1)c1ccc(F)cc1. The van der Waals surface area contributed by atoms with Gasteiger partial charge in [0, 0.05) is 37.6 Å². The normalized spacial score (nSPS) is 22.2. The topological polar surface area (TPSA) is 121 Å². The summed E-state index contributed by atoms with van der Waals surface area (Å²) in [5, 5.41) is 24.6. The highest BCUT2D eigenvalue weighted by atomic mass is 19.1. The van der Waals surface area contributed by atoms with Gasteiger partial charge in [-0.25, -0.2) is 4.39 Å². The number of aliphatic hydroxyl groups is 1. The van der Waals surface area contributed by atoms with Crippen molar-refractivity contribution in [1.29, 1.82) is 0 Å². The molecule has 2 heterocycles. The van der Waals surface area contributed by atoms with Gasteiger partial charge in [-0.2, -0.15) is 4.80 Å². The molecule has 176 valence electrons. The molecule has 0 aliphatic carbocycles. The molecule has 0 fully saturated rings. The van der Waals surface area contributed by atoms with Gasteiger partial charge in [-0.3, -0.25) is 0 Å². The summed E-state index contributed by atoms with van der Waals surface area (Å²) in [6.45, 7) is 1.75. The predicted molar refractivity (Wildman–Crippen MR) is 118 cm³/mol. The molecule has 3 N–H and O–H groups in total. The highest BCUT2D eigenvalue weighted by molar-refractivity contribution is 5.55. The van der Waals surface area contributed by atoms with E-state index in [2.05, 4.69) is 15.4 Å². The van der Waals surface area contributed by atoms with E-state index in [9.17, 15) is 9.50 Å². The molecule has 4 rings (SSSR count). The average molecular weight is 458 g/mol. The van der Waals surface area contributed by atoms with Crippen molar-refractivity contribution in [2.75, 3.05) is 24.9 Å². The summed E-state index contributed by atoms with van der Waals surface area (Å²) in [6, 6.07) is 11.0. The first kappa shape index (κ1) is 22.9. The van der Waals surface area contributed by atoms with Crippen molar-refractivity contribution in [1.82, 2.24) is 20.2 Å². The molecule has 2 aromatic carbocycles. The highest BCUT2D eigenvalue weighted by Crippen LogP contribution is 2.46. The Labute approximate surface area is 190 Å². The molecule has 2 atom stereocenters. The number of ether oxygens (including phenoxy) is 3. The minimum atomic E-state index is -1.76. The largest absolute Gasteiger partial charge is 0.477 e. The summed E-state index contributed by atoms with van der Waals surface area (Å²) < 4.78 is 31.3. The molecule has 1 aromatic heterocycles. The molecule has 1 aliphatic rings. The number of rotatable bonds is 7. The molecule has 0 unspecified atom stereocenters. The summed E-state index contributed by atoms with van der Waals surface area (Å²) in [7, 11) is 4.58. The summed E-state index contributed by atoms with van der Waals surface area (Å²) in [5.74, 6) is 0.491. The van der Waals surface area contributed by atoms with E-state index in [0.717, 1.165) is 0 Å². The Morgan fingerprint density at radius 2 is 1.94 bits per heavy atom. The van der Waals surface area contributed by atoms with Crippen LogP contribution in [0.3, 0.4) is 0 Å². The maximum absolute atomic E-state index is 13.8. The highest BCUT2D eigenvalue weighted by Gasteiger charge is 2.61. The molecular weight excluding hydrogens is 431 g/mol. The van der Waals surface area contributed by atoms with E-state index in [0.29, 0.717) is 28.5 Å². The van der Waals surface area contributed by atoms with Gasteiger partial charge in [-0.15, -0.1) is 10.2 Å². The first-order chi connectivity index (χ1) is 15.7. The van der Waals surface area contributed by atoms with Crippen LogP contribution in [0.2, 0.25) is 0 Å². The third kappa shape index (κ3) is 3.99. The molecule has 10 nitrogen and oxygen atoms in total. The molecule has 0 saturated carbocycles. The van der Waals surface area contributed by atoms with Gasteiger partial charge in [-0.05, 0) is 54.6 Å². The number of nitrogens with zero attached hydrogens (tertiary/aromatic N) is 5. The van der Waals surface area contributed by atoms with Crippen molar-refractivity contribution >= 4 is 11.4 Å². The number of tetrazole rings is 1. The fourth-order valence-corrected chi connectivity index (χ4v) is 4.32. The Bertz CT molecular complexity index is 1120. The van der Waals surface area contributed by atoms with Crippen LogP contribution < -0.4 is 15.4 Å². The molecule has 0 amide bonds. The van der Waals surface area contributed by atoms with Crippen molar-refractivity contribution in [3.63, 3.8) is 0 Å². The lowest BCUT2D eigenvalue weighted by Crippen LogP contribution is -2.73. The first-order valence-corrected chi connectivity index (χ1v) is 10.3. The van der Waals surface area contributed by atoms with E-state index in [-0.39, 0.29) is 13.0 Å². The number of fused-ring (bicyclic) bond motifs is 1. The van der Waals surface area contributed by atoms with E-state index in [1.807, 2.05) is 0 Å². The smallest absolute Gasteiger partial charge is 0.204 e. The van der Waals surface area contributed by atoms with E-state index in [1.165, 1.54) is 31.1 Å². The second-order valence-electron chi connectivity index (χ2n) is 8.13. The minimum Gasteiger partial charge on any atom is -0.477 e. The summed E-state index contributed by atoms with van der Waals surface area (Å²) in [5.41, 5.74) is 4.55. The number of benzene rings is 2. The van der Waals surface area contributed by atoms with Crippen LogP contribution in [0.4, 0.5) is 15.8 Å². The maximum atomic E-state index is 13.8. The standard InChI is InChI=1S/C22H27FN6O4/c1-21(20(31-3)32-4)22(30,12-14-11-16(24)7-10-18(14)33-21)29(13-19-25-27-28(2)26-19)17-8-5-15(23)6-9-17/h5-11,20,30H,12-13,24H2,1-4H3/t21-,22-/m1/s1. The van der Waals surface area contributed by atoms with Gasteiger partial charge in [-0.1, -0.05) is 0 Å². The molecule has 1 aliphatic heterocycles. The van der Waals surface area contributed by atoms with Gasteiger partial charge < -0.3 is 30.0 Å². The van der Waals surface area contributed by atoms with Gasteiger partial charge in [0.05, 0.1) is 13.6 Å². The van der Waals surface area contributed by atoms with E-state index >= 15 is 0 Å². The molecule has 0 spiro atoms. The van der Waals surface area contributed by atoms with Crippen molar-refractivity contribution in [3.05, 3.63) is 59.7 Å². The molecule has 0 radical (unpaired) electrons. The third-order valence-electron chi connectivity index (χ3n) is 5.95. The van der Waals surface area contributed by atoms with Crippen molar-refractivity contribution < 1.29 is 23.7 Å².